The Balaban J connectivity index is 1.59. The number of hydrogen-bond donors (Lipinski definition) is 3. The SMILES string of the molecule is Cc1cc(C)c(Nc2ccc(NC(=O)NC3CCCCC3)cn2)c(Cl)c1. The lowest BCUT2D eigenvalue weighted by atomic mass is 9.96. The molecule has 0 saturated heterocycles. The second kappa shape index (κ2) is 8.41. The lowest BCUT2D eigenvalue weighted by Crippen LogP contribution is -2.39. The highest BCUT2D eigenvalue weighted by molar-refractivity contribution is 6.33. The second-order valence-corrected chi connectivity index (χ2v) is 7.34. The van der Waals surface area contributed by atoms with E-state index in [9.17, 15) is 4.79 Å². The third kappa shape index (κ3) is 4.88. The summed E-state index contributed by atoms with van der Waals surface area (Å²) < 4.78 is 0. The van der Waals surface area contributed by atoms with E-state index in [1.54, 1.807) is 6.20 Å². The maximum Gasteiger partial charge on any atom is 0.319 e. The van der Waals surface area contributed by atoms with Gasteiger partial charge in [-0.2, -0.15) is 0 Å². The van der Waals surface area contributed by atoms with Gasteiger partial charge in [0.25, 0.3) is 0 Å². The topological polar surface area (TPSA) is 66.0 Å². The lowest BCUT2D eigenvalue weighted by molar-refractivity contribution is 0.244. The van der Waals surface area contributed by atoms with Gasteiger partial charge in [-0.25, -0.2) is 9.78 Å². The van der Waals surface area contributed by atoms with E-state index < -0.39 is 0 Å². The van der Waals surface area contributed by atoms with Gasteiger partial charge in [0.15, 0.2) is 0 Å². The van der Waals surface area contributed by atoms with Crippen LogP contribution in [0.4, 0.5) is 22.0 Å². The number of hydrogen-bond acceptors (Lipinski definition) is 3. The first-order valence-electron chi connectivity index (χ1n) is 9.08. The molecule has 0 bridgehead atoms. The zero-order chi connectivity index (χ0) is 18.5. The quantitative estimate of drug-likeness (QED) is 0.659. The molecule has 2 aromatic rings. The van der Waals surface area contributed by atoms with Crippen molar-refractivity contribution >= 4 is 34.8 Å². The van der Waals surface area contributed by atoms with Crippen LogP contribution in [0.1, 0.15) is 43.2 Å². The van der Waals surface area contributed by atoms with E-state index >= 15 is 0 Å². The molecule has 1 saturated carbocycles. The largest absolute Gasteiger partial charge is 0.339 e. The van der Waals surface area contributed by atoms with Crippen LogP contribution in [-0.4, -0.2) is 17.1 Å². The summed E-state index contributed by atoms with van der Waals surface area (Å²) in [6, 6.07) is 7.75. The fourth-order valence-electron chi connectivity index (χ4n) is 3.34. The molecule has 1 aliphatic carbocycles. The van der Waals surface area contributed by atoms with Crippen molar-refractivity contribution in [2.75, 3.05) is 10.6 Å². The van der Waals surface area contributed by atoms with Crippen molar-refractivity contribution in [3.05, 3.63) is 46.6 Å². The Hall–Kier alpha value is -2.27. The first-order chi connectivity index (χ1) is 12.5. The van der Waals surface area contributed by atoms with Crippen molar-refractivity contribution in [3.8, 4) is 0 Å². The van der Waals surface area contributed by atoms with E-state index in [1.165, 1.54) is 19.3 Å². The number of aryl methyl sites for hydroxylation is 2. The minimum Gasteiger partial charge on any atom is -0.339 e. The molecule has 0 aliphatic heterocycles. The zero-order valence-electron chi connectivity index (χ0n) is 15.2. The maximum absolute atomic E-state index is 12.1. The Morgan fingerprint density at radius 1 is 1.15 bits per heavy atom. The van der Waals surface area contributed by atoms with Crippen LogP contribution in [-0.2, 0) is 0 Å². The molecule has 0 atom stereocenters. The molecule has 6 heteroatoms. The number of rotatable bonds is 4. The number of benzene rings is 1. The second-order valence-electron chi connectivity index (χ2n) is 6.93. The number of urea groups is 1. The minimum atomic E-state index is -0.170. The smallest absolute Gasteiger partial charge is 0.319 e. The molecule has 0 radical (unpaired) electrons. The van der Waals surface area contributed by atoms with Crippen LogP contribution in [0.2, 0.25) is 5.02 Å². The van der Waals surface area contributed by atoms with Gasteiger partial charge in [0.05, 0.1) is 22.6 Å². The van der Waals surface area contributed by atoms with Crippen LogP contribution < -0.4 is 16.0 Å². The van der Waals surface area contributed by atoms with E-state index in [1.807, 2.05) is 32.0 Å². The van der Waals surface area contributed by atoms with Crippen LogP contribution in [0.3, 0.4) is 0 Å². The molecular formula is C20H25ClN4O. The first kappa shape index (κ1) is 18.5. The van der Waals surface area contributed by atoms with E-state index in [2.05, 4.69) is 27.0 Å². The van der Waals surface area contributed by atoms with Crippen molar-refractivity contribution in [1.82, 2.24) is 10.3 Å². The van der Waals surface area contributed by atoms with Crippen LogP contribution in [0.15, 0.2) is 30.5 Å². The molecule has 1 aromatic heterocycles. The number of pyridine rings is 1. The summed E-state index contributed by atoms with van der Waals surface area (Å²) in [5, 5.41) is 9.78. The van der Waals surface area contributed by atoms with Gasteiger partial charge in [0.2, 0.25) is 0 Å². The summed E-state index contributed by atoms with van der Waals surface area (Å²) in [5.74, 6) is 0.678. The number of anilines is 3. The van der Waals surface area contributed by atoms with Crippen LogP contribution >= 0.6 is 11.6 Å². The van der Waals surface area contributed by atoms with Gasteiger partial charge in [0.1, 0.15) is 5.82 Å². The zero-order valence-corrected chi connectivity index (χ0v) is 16.0. The molecule has 0 spiro atoms. The molecule has 1 heterocycles. The molecule has 1 aliphatic rings. The average molecular weight is 373 g/mol. The number of amides is 2. The maximum atomic E-state index is 12.1. The number of carbonyl (C=O) groups is 1. The van der Waals surface area contributed by atoms with E-state index in [0.29, 0.717) is 16.5 Å². The molecule has 5 nitrogen and oxygen atoms in total. The lowest BCUT2D eigenvalue weighted by Gasteiger charge is -2.22. The summed E-state index contributed by atoms with van der Waals surface area (Å²) in [6.45, 7) is 4.02. The summed E-state index contributed by atoms with van der Waals surface area (Å²) in [7, 11) is 0. The highest BCUT2D eigenvalue weighted by Gasteiger charge is 2.15. The summed E-state index contributed by atoms with van der Waals surface area (Å²) >= 11 is 6.32. The third-order valence-corrected chi connectivity index (χ3v) is 4.94. The van der Waals surface area contributed by atoms with Crippen molar-refractivity contribution in [3.63, 3.8) is 0 Å². The average Bonchev–Trinajstić information content (AvgIpc) is 2.60. The Bertz CT molecular complexity index is 747. The van der Waals surface area contributed by atoms with Crippen LogP contribution in [0.5, 0.6) is 0 Å². The van der Waals surface area contributed by atoms with Crippen molar-refractivity contribution < 1.29 is 4.79 Å². The summed E-state index contributed by atoms with van der Waals surface area (Å²) in [5.41, 5.74) is 3.69. The number of nitrogens with one attached hydrogen (secondary N) is 3. The van der Waals surface area contributed by atoms with Gasteiger partial charge in [-0.05, 0) is 56.0 Å². The van der Waals surface area contributed by atoms with Crippen LogP contribution in [0, 0.1) is 13.8 Å². The standard InChI is InChI=1S/C20H25ClN4O/c1-13-10-14(2)19(17(21)11-13)25-18-9-8-16(12-22-18)24-20(26)23-15-6-4-3-5-7-15/h8-12,15H,3-7H2,1-2H3,(H,22,25)(H2,23,24,26). The van der Waals surface area contributed by atoms with Gasteiger partial charge < -0.3 is 16.0 Å². The van der Waals surface area contributed by atoms with Gasteiger partial charge in [0, 0.05) is 6.04 Å². The number of aromatic nitrogens is 1. The molecule has 26 heavy (non-hydrogen) atoms. The Labute approximate surface area is 159 Å². The Morgan fingerprint density at radius 2 is 1.92 bits per heavy atom. The highest BCUT2D eigenvalue weighted by atomic mass is 35.5. The van der Waals surface area contributed by atoms with Crippen molar-refractivity contribution in [1.29, 1.82) is 0 Å². The highest BCUT2D eigenvalue weighted by Crippen LogP contribution is 2.29. The van der Waals surface area contributed by atoms with Gasteiger partial charge in [-0.15, -0.1) is 0 Å². The van der Waals surface area contributed by atoms with E-state index in [-0.39, 0.29) is 12.1 Å². The third-order valence-electron chi connectivity index (χ3n) is 4.65. The monoisotopic (exact) mass is 372 g/mol. The summed E-state index contributed by atoms with van der Waals surface area (Å²) in [4.78, 5) is 16.5. The van der Waals surface area contributed by atoms with Gasteiger partial charge >= 0.3 is 6.03 Å². The van der Waals surface area contributed by atoms with Gasteiger partial charge in [-0.1, -0.05) is 36.9 Å². The molecular weight excluding hydrogens is 348 g/mol. The predicted molar refractivity (Wildman–Crippen MR) is 107 cm³/mol. The normalized spacial score (nSPS) is 14.7. The van der Waals surface area contributed by atoms with Gasteiger partial charge in [-0.3, -0.25) is 0 Å². The summed E-state index contributed by atoms with van der Waals surface area (Å²) in [6.07, 6.45) is 7.40. The van der Waals surface area contributed by atoms with Crippen molar-refractivity contribution in [2.24, 2.45) is 0 Å². The fraction of sp³-hybridized carbons (Fsp3) is 0.400. The molecule has 3 rings (SSSR count). The Kier molecular flexibility index (Phi) is 5.99. The van der Waals surface area contributed by atoms with E-state index in [4.69, 9.17) is 11.6 Å². The molecule has 138 valence electrons. The first-order valence-corrected chi connectivity index (χ1v) is 9.46. The molecule has 1 fully saturated rings. The molecule has 3 N–H and O–H groups in total. The fourth-order valence-corrected chi connectivity index (χ4v) is 3.71. The number of nitrogens with zero attached hydrogens (tertiary/aromatic N) is 1. The molecule has 2 amide bonds. The predicted octanol–water partition coefficient (Wildman–Crippen LogP) is 5.55. The number of carbonyl (C=O) groups excluding carboxylic acids is 1. The Morgan fingerprint density at radius 3 is 2.58 bits per heavy atom. The van der Waals surface area contributed by atoms with Crippen molar-refractivity contribution in [2.45, 2.75) is 52.0 Å². The number of halogens is 1. The molecule has 0 unspecified atom stereocenters. The van der Waals surface area contributed by atoms with E-state index in [0.717, 1.165) is 29.7 Å². The van der Waals surface area contributed by atoms with Crippen LogP contribution in [0.25, 0.3) is 0 Å². The molecule has 1 aromatic carbocycles. The minimum absolute atomic E-state index is 0.170.